The van der Waals surface area contributed by atoms with Crippen LogP contribution in [0.3, 0.4) is 0 Å². The minimum Gasteiger partial charge on any atom is -0.508 e. The lowest BCUT2D eigenvalue weighted by atomic mass is 9.89. The summed E-state index contributed by atoms with van der Waals surface area (Å²) in [5.74, 6) is 1.62. The summed E-state index contributed by atoms with van der Waals surface area (Å²) in [6.07, 6.45) is 1.06. The van der Waals surface area contributed by atoms with E-state index < -0.39 is 0 Å². The molecule has 0 aliphatic heterocycles. The summed E-state index contributed by atoms with van der Waals surface area (Å²) >= 11 is 0. The first kappa shape index (κ1) is 13.7. The molecule has 108 valence electrons. The van der Waals surface area contributed by atoms with Gasteiger partial charge in [0.25, 0.3) is 0 Å². The van der Waals surface area contributed by atoms with Gasteiger partial charge < -0.3 is 9.84 Å². The Morgan fingerprint density at radius 3 is 2.43 bits per heavy atom. The summed E-state index contributed by atoms with van der Waals surface area (Å²) in [5.41, 5.74) is 6.51. The molecule has 0 fully saturated rings. The number of hydrogen-bond acceptors (Lipinski definition) is 2. The maximum atomic E-state index is 9.50. The number of hydrogen-bond donors (Lipinski definition) is 1. The summed E-state index contributed by atoms with van der Waals surface area (Å²) in [6.45, 7) is 4.40. The molecule has 21 heavy (non-hydrogen) atoms. The zero-order valence-corrected chi connectivity index (χ0v) is 12.7. The Bertz CT molecular complexity index is 696. The van der Waals surface area contributed by atoms with Crippen molar-refractivity contribution in [3.63, 3.8) is 0 Å². The second kappa shape index (κ2) is 5.28. The lowest BCUT2D eigenvalue weighted by Gasteiger charge is -2.15. The predicted molar refractivity (Wildman–Crippen MR) is 86.6 cm³/mol. The largest absolute Gasteiger partial charge is 0.508 e. The molecule has 1 aliphatic rings. The van der Waals surface area contributed by atoms with Gasteiger partial charge in [-0.25, -0.2) is 0 Å². The minimum absolute atomic E-state index is 0.308. The molecule has 0 saturated heterocycles. The van der Waals surface area contributed by atoms with Crippen LogP contribution in [0.25, 0.3) is 11.1 Å². The first-order valence-electron chi connectivity index (χ1n) is 7.34. The fourth-order valence-electron chi connectivity index (χ4n) is 3.34. The second-order valence-corrected chi connectivity index (χ2v) is 5.50. The van der Waals surface area contributed by atoms with Crippen molar-refractivity contribution in [1.29, 1.82) is 0 Å². The smallest absolute Gasteiger partial charge is 0.119 e. The zero-order chi connectivity index (χ0) is 15.0. The molecule has 2 aromatic rings. The Morgan fingerprint density at radius 1 is 1.10 bits per heavy atom. The van der Waals surface area contributed by atoms with Crippen molar-refractivity contribution >= 4 is 11.1 Å². The van der Waals surface area contributed by atoms with Gasteiger partial charge in [-0.3, -0.25) is 0 Å². The van der Waals surface area contributed by atoms with Crippen LogP contribution in [-0.2, 0) is 0 Å². The molecule has 0 radical (unpaired) electrons. The summed E-state index contributed by atoms with van der Waals surface area (Å²) in [4.78, 5) is 0. The highest BCUT2D eigenvalue weighted by atomic mass is 16.5. The number of benzene rings is 2. The van der Waals surface area contributed by atoms with Gasteiger partial charge in [0, 0.05) is 5.92 Å². The van der Waals surface area contributed by atoms with Crippen LogP contribution in [0.1, 0.15) is 42.9 Å². The number of phenolic OH excluding ortho intramolecular Hbond substituents is 1. The number of phenols is 1. The van der Waals surface area contributed by atoms with Gasteiger partial charge in [0.2, 0.25) is 0 Å². The normalized spacial score (nSPS) is 17.0. The number of ether oxygens (including phenoxy) is 1. The van der Waals surface area contributed by atoms with Gasteiger partial charge in [-0.15, -0.1) is 0 Å². The van der Waals surface area contributed by atoms with Crippen molar-refractivity contribution < 1.29 is 9.84 Å². The molecule has 0 spiro atoms. The van der Waals surface area contributed by atoms with Gasteiger partial charge in [0.15, 0.2) is 0 Å². The molecule has 2 heteroatoms. The topological polar surface area (TPSA) is 29.5 Å². The Morgan fingerprint density at radius 2 is 1.81 bits per heavy atom. The Balaban J connectivity index is 2.15. The van der Waals surface area contributed by atoms with E-state index >= 15 is 0 Å². The lowest BCUT2D eigenvalue weighted by molar-refractivity contribution is 0.414. The average molecular weight is 280 g/mol. The standard InChI is InChI=1S/C19H20O2/c1-4-16-17-10-9-15(21-3)11-18(17)12(2)19(16)13-5-7-14(20)8-6-13/h5-11,16,20H,4H2,1-3H3. The number of rotatable bonds is 3. The van der Waals surface area contributed by atoms with Gasteiger partial charge in [-0.2, -0.15) is 0 Å². The van der Waals surface area contributed by atoms with Crippen molar-refractivity contribution in [2.24, 2.45) is 0 Å². The number of aromatic hydroxyl groups is 1. The highest BCUT2D eigenvalue weighted by Gasteiger charge is 2.29. The fraction of sp³-hybridized carbons (Fsp3) is 0.263. The van der Waals surface area contributed by atoms with Crippen LogP contribution < -0.4 is 4.74 Å². The molecular formula is C19H20O2. The highest BCUT2D eigenvalue weighted by Crippen LogP contribution is 2.49. The summed E-state index contributed by atoms with van der Waals surface area (Å²) < 4.78 is 5.36. The summed E-state index contributed by atoms with van der Waals surface area (Å²) in [7, 11) is 1.70. The van der Waals surface area contributed by atoms with E-state index in [0.717, 1.165) is 12.2 Å². The minimum atomic E-state index is 0.308. The van der Waals surface area contributed by atoms with Crippen molar-refractivity contribution in [2.45, 2.75) is 26.2 Å². The SMILES string of the molecule is CCC1C(c2ccc(O)cc2)=C(C)c2cc(OC)ccc21. The monoisotopic (exact) mass is 280 g/mol. The van der Waals surface area contributed by atoms with Crippen LogP contribution in [0.15, 0.2) is 42.5 Å². The Hall–Kier alpha value is -2.22. The molecule has 2 nitrogen and oxygen atoms in total. The highest BCUT2D eigenvalue weighted by molar-refractivity contribution is 5.98. The number of methoxy groups -OCH3 is 1. The second-order valence-electron chi connectivity index (χ2n) is 5.50. The van der Waals surface area contributed by atoms with Gasteiger partial charge in [0.05, 0.1) is 7.11 Å². The summed E-state index contributed by atoms with van der Waals surface area (Å²) in [6, 6.07) is 13.9. The van der Waals surface area contributed by atoms with Crippen molar-refractivity contribution in [3.05, 3.63) is 59.2 Å². The van der Waals surface area contributed by atoms with E-state index in [1.165, 1.54) is 27.8 Å². The summed E-state index contributed by atoms with van der Waals surface area (Å²) in [5, 5.41) is 9.50. The first-order valence-corrected chi connectivity index (χ1v) is 7.34. The fourth-order valence-corrected chi connectivity index (χ4v) is 3.34. The van der Waals surface area contributed by atoms with Crippen LogP contribution in [0.5, 0.6) is 11.5 Å². The van der Waals surface area contributed by atoms with E-state index in [2.05, 4.69) is 26.0 Å². The molecule has 1 atom stereocenters. The van der Waals surface area contributed by atoms with Crippen molar-refractivity contribution in [2.75, 3.05) is 7.11 Å². The Kier molecular flexibility index (Phi) is 3.46. The number of fused-ring (bicyclic) bond motifs is 1. The third kappa shape index (κ3) is 2.21. The molecule has 1 N–H and O–H groups in total. The van der Waals surface area contributed by atoms with E-state index in [1.54, 1.807) is 19.2 Å². The molecule has 0 aromatic heterocycles. The van der Waals surface area contributed by atoms with E-state index in [-0.39, 0.29) is 0 Å². The average Bonchev–Trinajstić information content (AvgIpc) is 2.80. The molecule has 2 aromatic carbocycles. The third-order valence-electron chi connectivity index (χ3n) is 4.38. The molecule has 1 aliphatic carbocycles. The van der Waals surface area contributed by atoms with Gasteiger partial charge in [0.1, 0.15) is 11.5 Å². The maximum absolute atomic E-state index is 9.50. The van der Waals surface area contributed by atoms with E-state index in [4.69, 9.17) is 4.74 Å². The molecule has 3 rings (SSSR count). The molecule has 1 unspecified atom stereocenters. The zero-order valence-electron chi connectivity index (χ0n) is 12.7. The molecule has 0 bridgehead atoms. The quantitative estimate of drug-likeness (QED) is 0.871. The van der Waals surface area contributed by atoms with E-state index in [0.29, 0.717) is 11.7 Å². The van der Waals surface area contributed by atoms with Gasteiger partial charge in [-0.05, 0) is 65.4 Å². The predicted octanol–water partition coefficient (Wildman–Crippen LogP) is 4.84. The lowest BCUT2D eigenvalue weighted by Crippen LogP contribution is -1.97. The molecule has 0 heterocycles. The third-order valence-corrected chi connectivity index (χ3v) is 4.38. The van der Waals surface area contributed by atoms with E-state index in [1.807, 2.05) is 18.2 Å². The molecule has 0 amide bonds. The Labute approximate surface area is 125 Å². The van der Waals surface area contributed by atoms with Crippen LogP contribution >= 0.6 is 0 Å². The molecular weight excluding hydrogens is 260 g/mol. The number of allylic oxidation sites excluding steroid dienone is 2. The maximum Gasteiger partial charge on any atom is 0.119 e. The van der Waals surface area contributed by atoms with Crippen LogP contribution in [-0.4, -0.2) is 12.2 Å². The molecule has 0 saturated carbocycles. The van der Waals surface area contributed by atoms with Crippen LogP contribution in [0.2, 0.25) is 0 Å². The van der Waals surface area contributed by atoms with Gasteiger partial charge >= 0.3 is 0 Å². The van der Waals surface area contributed by atoms with Crippen molar-refractivity contribution in [3.8, 4) is 11.5 Å². The van der Waals surface area contributed by atoms with Crippen LogP contribution in [0, 0.1) is 0 Å². The van der Waals surface area contributed by atoms with Crippen molar-refractivity contribution in [1.82, 2.24) is 0 Å². The first-order chi connectivity index (χ1) is 10.2. The van der Waals surface area contributed by atoms with E-state index in [9.17, 15) is 5.11 Å². The van der Waals surface area contributed by atoms with Gasteiger partial charge in [-0.1, -0.05) is 25.1 Å². The van der Waals surface area contributed by atoms with Crippen LogP contribution in [0.4, 0.5) is 0 Å².